The number of hydrogen-bond donors (Lipinski definition) is 2. The minimum absolute atomic E-state index is 0.203. The van der Waals surface area contributed by atoms with E-state index in [4.69, 9.17) is 12.2 Å². The first kappa shape index (κ1) is 15.4. The van der Waals surface area contributed by atoms with Crippen molar-refractivity contribution in [2.24, 2.45) is 0 Å². The third-order valence-corrected chi connectivity index (χ3v) is 3.65. The molecule has 2 aromatic rings. The van der Waals surface area contributed by atoms with E-state index in [2.05, 4.69) is 53.7 Å². The molecular formula is C17H21N3S. The number of nitrogens with one attached hydrogen (secondary N) is 2. The molecule has 0 saturated carbocycles. The first-order chi connectivity index (χ1) is 10.1. The number of nitrogens with zero attached hydrogens (tertiary/aromatic N) is 1. The molecule has 1 aromatic carbocycles. The van der Waals surface area contributed by atoms with Crippen LogP contribution in [-0.4, -0.2) is 10.1 Å². The van der Waals surface area contributed by atoms with Crippen LogP contribution >= 0.6 is 12.2 Å². The molecule has 0 bridgehead atoms. The summed E-state index contributed by atoms with van der Waals surface area (Å²) in [5.74, 6) is 0.800. The predicted octanol–water partition coefficient (Wildman–Crippen LogP) is 4.14. The topological polar surface area (TPSA) is 37.0 Å². The van der Waals surface area contributed by atoms with E-state index in [0.717, 1.165) is 17.8 Å². The number of pyridine rings is 1. The van der Waals surface area contributed by atoms with Crippen LogP contribution in [0.15, 0.2) is 42.6 Å². The van der Waals surface area contributed by atoms with Crippen molar-refractivity contribution in [2.45, 2.75) is 33.2 Å². The van der Waals surface area contributed by atoms with Crippen LogP contribution in [0.3, 0.4) is 0 Å². The minimum atomic E-state index is 0.203. The Morgan fingerprint density at radius 2 is 1.90 bits per heavy atom. The second-order valence-electron chi connectivity index (χ2n) is 5.14. The summed E-state index contributed by atoms with van der Waals surface area (Å²) in [4.78, 5) is 4.30. The van der Waals surface area contributed by atoms with Crippen LogP contribution in [0.25, 0.3) is 0 Å². The van der Waals surface area contributed by atoms with Crippen LogP contribution < -0.4 is 10.6 Å². The lowest BCUT2D eigenvalue weighted by atomic mass is 10.0. The summed E-state index contributed by atoms with van der Waals surface area (Å²) in [6.45, 7) is 6.25. The van der Waals surface area contributed by atoms with Gasteiger partial charge in [-0.1, -0.05) is 42.8 Å². The quantitative estimate of drug-likeness (QED) is 0.832. The van der Waals surface area contributed by atoms with Gasteiger partial charge < -0.3 is 10.6 Å². The van der Waals surface area contributed by atoms with Crippen LogP contribution in [0, 0.1) is 13.8 Å². The smallest absolute Gasteiger partial charge is 0.172 e. The molecule has 0 saturated heterocycles. The average molecular weight is 299 g/mol. The fourth-order valence-corrected chi connectivity index (χ4v) is 2.38. The molecule has 0 aliphatic rings. The van der Waals surface area contributed by atoms with E-state index in [1.165, 1.54) is 11.1 Å². The molecule has 110 valence electrons. The van der Waals surface area contributed by atoms with Crippen LogP contribution in [0.1, 0.15) is 36.1 Å². The Kier molecular flexibility index (Phi) is 5.28. The number of thiocarbonyl (C=S) groups is 1. The highest BCUT2D eigenvalue weighted by Gasteiger charge is 2.11. The Hall–Kier alpha value is -1.94. The normalized spacial score (nSPS) is 11.8. The first-order valence-corrected chi connectivity index (χ1v) is 7.56. The summed E-state index contributed by atoms with van der Waals surface area (Å²) >= 11 is 5.40. The van der Waals surface area contributed by atoms with Crippen LogP contribution in [0.5, 0.6) is 0 Å². The van der Waals surface area contributed by atoms with Gasteiger partial charge in [0.25, 0.3) is 0 Å². The second-order valence-corrected chi connectivity index (χ2v) is 5.55. The van der Waals surface area contributed by atoms with Crippen molar-refractivity contribution in [1.82, 2.24) is 10.3 Å². The molecule has 1 heterocycles. The van der Waals surface area contributed by atoms with Crippen LogP contribution in [0.4, 0.5) is 5.82 Å². The van der Waals surface area contributed by atoms with Crippen molar-refractivity contribution in [1.29, 1.82) is 0 Å². The Labute approximate surface area is 131 Å². The largest absolute Gasteiger partial charge is 0.356 e. The zero-order valence-electron chi connectivity index (χ0n) is 12.7. The van der Waals surface area contributed by atoms with E-state index in [0.29, 0.717) is 5.11 Å². The zero-order chi connectivity index (χ0) is 15.2. The predicted molar refractivity (Wildman–Crippen MR) is 92.5 cm³/mol. The fourth-order valence-electron chi connectivity index (χ4n) is 2.14. The van der Waals surface area contributed by atoms with E-state index in [9.17, 15) is 0 Å². The maximum Gasteiger partial charge on any atom is 0.172 e. The number of aryl methyl sites for hydroxylation is 2. The molecular weight excluding hydrogens is 278 g/mol. The lowest BCUT2D eigenvalue weighted by molar-refractivity contribution is 0.629. The standard InChI is InChI=1S/C17H21N3S/c1-4-15(14-9-7-12(2)8-10-14)19-17(21)20-16-13(3)6-5-11-18-16/h5-11,15H,4H2,1-3H3,(H2,18,19,20,21). The molecule has 1 aromatic heterocycles. The highest BCUT2D eigenvalue weighted by molar-refractivity contribution is 7.80. The van der Waals surface area contributed by atoms with Crippen molar-refractivity contribution in [3.05, 3.63) is 59.3 Å². The molecule has 0 amide bonds. The van der Waals surface area contributed by atoms with Gasteiger partial charge in [0.05, 0.1) is 6.04 Å². The van der Waals surface area contributed by atoms with Gasteiger partial charge in [0.2, 0.25) is 0 Å². The molecule has 0 spiro atoms. The third kappa shape index (κ3) is 4.26. The van der Waals surface area contributed by atoms with Gasteiger partial charge in [0.1, 0.15) is 5.82 Å². The molecule has 21 heavy (non-hydrogen) atoms. The Bertz CT molecular complexity index is 608. The number of benzene rings is 1. The summed E-state index contributed by atoms with van der Waals surface area (Å²) in [5.41, 5.74) is 3.58. The van der Waals surface area contributed by atoms with Gasteiger partial charge in [-0.05, 0) is 49.7 Å². The first-order valence-electron chi connectivity index (χ1n) is 7.16. The van der Waals surface area contributed by atoms with Gasteiger partial charge in [-0.15, -0.1) is 0 Å². The summed E-state index contributed by atoms with van der Waals surface area (Å²) in [6.07, 6.45) is 2.72. The van der Waals surface area contributed by atoms with Crippen molar-refractivity contribution >= 4 is 23.1 Å². The number of anilines is 1. The molecule has 0 aliphatic heterocycles. The van der Waals surface area contributed by atoms with E-state index in [1.807, 2.05) is 19.1 Å². The Balaban J connectivity index is 2.03. The maximum atomic E-state index is 5.40. The van der Waals surface area contributed by atoms with Gasteiger partial charge >= 0.3 is 0 Å². The molecule has 0 aliphatic carbocycles. The molecule has 3 nitrogen and oxygen atoms in total. The molecule has 0 radical (unpaired) electrons. The van der Waals surface area contributed by atoms with Crippen molar-refractivity contribution in [3.8, 4) is 0 Å². The van der Waals surface area contributed by atoms with E-state index in [1.54, 1.807) is 6.20 Å². The van der Waals surface area contributed by atoms with Gasteiger partial charge in [-0.3, -0.25) is 0 Å². The minimum Gasteiger partial charge on any atom is -0.356 e. The lowest BCUT2D eigenvalue weighted by Gasteiger charge is -2.20. The van der Waals surface area contributed by atoms with Gasteiger partial charge in [0.15, 0.2) is 5.11 Å². The highest BCUT2D eigenvalue weighted by Crippen LogP contribution is 2.17. The second kappa shape index (κ2) is 7.18. The van der Waals surface area contributed by atoms with Gasteiger partial charge in [-0.25, -0.2) is 4.98 Å². The average Bonchev–Trinajstić information content (AvgIpc) is 2.48. The van der Waals surface area contributed by atoms with Gasteiger partial charge in [-0.2, -0.15) is 0 Å². The Morgan fingerprint density at radius 3 is 2.52 bits per heavy atom. The summed E-state index contributed by atoms with van der Waals surface area (Å²) in [7, 11) is 0. The molecule has 1 atom stereocenters. The SMILES string of the molecule is CCC(NC(=S)Nc1ncccc1C)c1ccc(C)cc1. The zero-order valence-corrected chi connectivity index (χ0v) is 13.5. The monoisotopic (exact) mass is 299 g/mol. The summed E-state index contributed by atoms with van der Waals surface area (Å²) in [5, 5.41) is 7.12. The van der Waals surface area contributed by atoms with Crippen molar-refractivity contribution < 1.29 is 0 Å². The summed E-state index contributed by atoms with van der Waals surface area (Å²) < 4.78 is 0. The van der Waals surface area contributed by atoms with E-state index >= 15 is 0 Å². The van der Waals surface area contributed by atoms with E-state index < -0.39 is 0 Å². The number of rotatable bonds is 4. The van der Waals surface area contributed by atoms with E-state index in [-0.39, 0.29) is 6.04 Å². The molecule has 1 unspecified atom stereocenters. The molecule has 2 rings (SSSR count). The number of hydrogen-bond acceptors (Lipinski definition) is 2. The van der Waals surface area contributed by atoms with Crippen LogP contribution in [-0.2, 0) is 0 Å². The molecule has 4 heteroatoms. The van der Waals surface area contributed by atoms with Crippen molar-refractivity contribution in [2.75, 3.05) is 5.32 Å². The summed E-state index contributed by atoms with van der Waals surface area (Å²) in [6, 6.07) is 12.7. The third-order valence-electron chi connectivity index (χ3n) is 3.43. The van der Waals surface area contributed by atoms with Crippen LogP contribution in [0.2, 0.25) is 0 Å². The lowest BCUT2D eigenvalue weighted by Crippen LogP contribution is -2.32. The van der Waals surface area contributed by atoms with Crippen molar-refractivity contribution in [3.63, 3.8) is 0 Å². The fraction of sp³-hybridized carbons (Fsp3) is 0.294. The maximum absolute atomic E-state index is 5.40. The number of aromatic nitrogens is 1. The molecule has 0 fully saturated rings. The van der Waals surface area contributed by atoms with Gasteiger partial charge in [0, 0.05) is 6.20 Å². The Morgan fingerprint density at radius 1 is 1.19 bits per heavy atom. The highest BCUT2D eigenvalue weighted by atomic mass is 32.1. The molecule has 2 N–H and O–H groups in total.